The van der Waals surface area contributed by atoms with E-state index in [9.17, 15) is 24.0 Å². The third-order valence-corrected chi connectivity index (χ3v) is 6.90. The highest BCUT2D eigenvalue weighted by atomic mass is 16.2. The monoisotopic (exact) mass is 489 g/mol. The van der Waals surface area contributed by atoms with Gasteiger partial charge in [0.05, 0.1) is 17.7 Å². The number of amides is 5. The topological polar surface area (TPSA) is 119 Å². The van der Waals surface area contributed by atoms with Crippen LogP contribution >= 0.6 is 0 Å². The molecule has 3 heterocycles. The molecule has 1 atom stereocenters. The molecule has 0 saturated carbocycles. The van der Waals surface area contributed by atoms with Gasteiger partial charge in [-0.05, 0) is 43.2 Å². The number of carbonyl (C=O) groups is 5. The van der Waals surface area contributed by atoms with Gasteiger partial charge in [-0.1, -0.05) is 18.2 Å². The summed E-state index contributed by atoms with van der Waals surface area (Å²) in [5.41, 5.74) is 3.02. The summed E-state index contributed by atoms with van der Waals surface area (Å²) < 4.78 is 0. The number of hydrogen-bond acceptors (Lipinski definition) is 7. The minimum atomic E-state index is -1.03. The van der Waals surface area contributed by atoms with Gasteiger partial charge < -0.3 is 15.1 Å². The highest BCUT2D eigenvalue weighted by Gasteiger charge is 2.45. The molecule has 10 heteroatoms. The van der Waals surface area contributed by atoms with Gasteiger partial charge in [0.15, 0.2) is 0 Å². The lowest BCUT2D eigenvalue weighted by Crippen LogP contribution is -2.54. The molecule has 2 N–H and O–H groups in total. The van der Waals surface area contributed by atoms with E-state index in [1.165, 1.54) is 11.6 Å². The molecule has 5 rings (SSSR count). The molecule has 2 aromatic rings. The SMILES string of the molecule is Cc1cccc(N2CCN(C(=O)CNc3cccc4c3C(=O)N(C3CCC(=O)NC3=O)C4=O)CC2)c1. The number of nitrogens with one attached hydrogen (secondary N) is 2. The molecule has 0 aliphatic carbocycles. The molecule has 5 amide bonds. The van der Waals surface area contributed by atoms with Gasteiger partial charge in [-0.3, -0.25) is 34.2 Å². The lowest BCUT2D eigenvalue weighted by atomic mass is 10.0. The maximum atomic E-state index is 13.2. The third kappa shape index (κ3) is 4.30. The fraction of sp³-hybridized carbons (Fsp3) is 0.346. The van der Waals surface area contributed by atoms with Gasteiger partial charge in [0, 0.05) is 44.0 Å². The second-order valence-electron chi connectivity index (χ2n) is 9.24. The Kier molecular flexibility index (Phi) is 6.17. The van der Waals surface area contributed by atoms with Crippen LogP contribution in [-0.4, -0.2) is 78.1 Å². The van der Waals surface area contributed by atoms with Gasteiger partial charge in [0.1, 0.15) is 6.04 Å². The molecular weight excluding hydrogens is 462 g/mol. The number of nitrogens with zero attached hydrogens (tertiary/aromatic N) is 3. The van der Waals surface area contributed by atoms with Crippen LogP contribution in [0.5, 0.6) is 0 Å². The number of aryl methyl sites for hydroxylation is 1. The fourth-order valence-electron chi connectivity index (χ4n) is 4.98. The van der Waals surface area contributed by atoms with Crippen molar-refractivity contribution in [1.82, 2.24) is 15.1 Å². The maximum absolute atomic E-state index is 13.2. The summed E-state index contributed by atoms with van der Waals surface area (Å²) in [6, 6.07) is 12.0. The van der Waals surface area contributed by atoms with Crippen LogP contribution in [0, 0.1) is 6.92 Å². The summed E-state index contributed by atoms with van der Waals surface area (Å²) in [5.74, 6) is -2.36. The van der Waals surface area contributed by atoms with E-state index in [-0.39, 0.29) is 36.4 Å². The summed E-state index contributed by atoms with van der Waals surface area (Å²) >= 11 is 0. The Morgan fingerprint density at radius 1 is 1.00 bits per heavy atom. The van der Waals surface area contributed by atoms with Crippen LogP contribution in [0.1, 0.15) is 39.1 Å². The number of imide groups is 2. The Labute approximate surface area is 208 Å². The van der Waals surface area contributed by atoms with Crippen molar-refractivity contribution in [2.45, 2.75) is 25.8 Å². The van der Waals surface area contributed by atoms with Gasteiger partial charge in [-0.2, -0.15) is 0 Å². The highest BCUT2D eigenvalue weighted by Crippen LogP contribution is 2.32. The molecule has 2 aromatic carbocycles. The summed E-state index contributed by atoms with van der Waals surface area (Å²) in [5, 5.41) is 5.21. The predicted molar refractivity (Wildman–Crippen MR) is 132 cm³/mol. The number of rotatable bonds is 5. The van der Waals surface area contributed by atoms with Crippen LogP contribution < -0.4 is 15.5 Å². The average molecular weight is 490 g/mol. The summed E-state index contributed by atoms with van der Waals surface area (Å²) in [7, 11) is 0. The number of carbonyl (C=O) groups excluding carboxylic acids is 5. The maximum Gasteiger partial charge on any atom is 0.264 e. The van der Waals surface area contributed by atoms with Crippen LogP contribution in [0.15, 0.2) is 42.5 Å². The van der Waals surface area contributed by atoms with Crippen molar-refractivity contribution in [3.63, 3.8) is 0 Å². The molecule has 36 heavy (non-hydrogen) atoms. The standard InChI is InChI=1S/C26H27N5O5/c1-16-4-2-5-17(14-16)29-10-12-30(13-11-29)22(33)15-27-19-7-3-6-18-23(19)26(36)31(25(18)35)20-8-9-21(32)28-24(20)34/h2-7,14,20,27H,8-13,15H2,1H3,(H,28,32,34). The van der Waals surface area contributed by atoms with Gasteiger partial charge in [-0.15, -0.1) is 0 Å². The smallest absolute Gasteiger partial charge is 0.264 e. The van der Waals surface area contributed by atoms with Crippen molar-refractivity contribution >= 4 is 40.9 Å². The van der Waals surface area contributed by atoms with Crippen molar-refractivity contribution < 1.29 is 24.0 Å². The minimum absolute atomic E-state index is 0.0270. The third-order valence-electron chi connectivity index (χ3n) is 6.90. The minimum Gasteiger partial charge on any atom is -0.375 e. The zero-order valence-electron chi connectivity index (χ0n) is 20.0. The number of anilines is 2. The summed E-state index contributed by atoms with van der Waals surface area (Å²) in [6.07, 6.45) is 0.145. The first-order chi connectivity index (χ1) is 17.3. The number of piperazine rings is 1. The lowest BCUT2D eigenvalue weighted by Gasteiger charge is -2.36. The lowest BCUT2D eigenvalue weighted by molar-refractivity contribution is -0.136. The van der Waals surface area contributed by atoms with Crippen molar-refractivity contribution in [2.24, 2.45) is 0 Å². The van der Waals surface area contributed by atoms with Crippen LogP contribution in [0.25, 0.3) is 0 Å². The molecule has 1 unspecified atom stereocenters. The van der Waals surface area contributed by atoms with Crippen LogP contribution in [-0.2, 0) is 14.4 Å². The Hall–Kier alpha value is -4.21. The van der Waals surface area contributed by atoms with Crippen LogP contribution in [0.4, 0.5) is 11.4 Å². The first-order valence-electron chi connectivity index (χ1n) is 12.0. The number of benzene rings is 2. The Balaban J connectivity index is 1.23. The van der Waals surface area contributed by atoms with Crippen molar-refractivity contribution in [2.75, 3.05) is 42.9 Å². The quantitative estimate of drug-likeness (QED) is 0.605. The second-order valence-corrected chi connectivity index (χ2v) is 9.24. The molecule has 0 aromatic heterocycles. The normalized spacial score (nSPS) is 19.9. The number of hydrogen-bond donors (Lipinski definition) is 2. The molecule has 10 nitrogen and oxygen atoms in total. The summed E-state index contributed by atoms with van der Waals surface area (Å²) in [4.78, 5) is 67.8. The van der Waals surface area contributed by atoms with Crippen molar-refractivity contribution in [1.29, 1.82) is 0 Å². The van der Waals surface area contributed by atoms with E-state index in [1.807, 2.05) is 6.07 Å². The van der Waals surface area contributed by atoms with Crippen LogP contribution in [0.3, 0.4) is 0 Å². The molecular formula is C26H27N5O5. The number of fused-ring (bicyclic) bond motifs is 1. The van der Waals surface area contributed by atoms with Gasteiger partial charge in [0.2, 0.25) is 17.7 Å². The van der Waals surface area contributed by atoms with Crippen molar-refractivity contribution in [3.05, 3.63) is 59.2 Å². The largest absolute Gasteiger partial charge is 0.375 e. The first kappa shape index (κ1) is 23.5. The summed E-state index contributed by atoms with van der Waals surface area (Å²) in [6.45, 7) is 4.65. The first-order valence-corrected chi connectivity index (χ1v) is 12.0. The van der Waals surface area contributed by atoms with E-state index in [4.69, 9.17) is 0 Å². The van der Waals surface area contributed by atoms with Gasteiger partial charge >= 0.3 is 0 Å². The Morgan fingerprint density at radius 2 is 1.75 bits per heavy atom. The van der Waals surface area contributed by atoms with Crippen molar-refractivity contribution in [3.8, 4) is 0 Å². The predicted octanol–water partition coefficient (Wildman–Crippen LogP) is 1.16. The molecule has 0 bridgehead atoms. The van der Waals surface area contributed by atoms with E-state index in [1.54, 1.807) is 17.0 Å². The van der Waals surface area contributed by atoms with E-state index in [0.717, 1.165) is 23.7 Å². The van der Waals surface area contributed by atoms with E-state index in [2.05, 4.69) is 40.7 Å². The van der Waals surface area contributed by atoms with Gasteiger partial charge in [-0.25, -0.2) is 0 Å². The van der Waals surface area contributed by atoms with Crippen LogP contribution in [0.2, 0.25) is 0 Å². The Morgan fingerprint density at radius 3 is 2.47 bits per heavy atom. The molecule has 186 valence electrons. The second kappa shape index (κ2) is 9.44. The fourth-order valence-corrected chi connectivity index (χ4v) is 4.98. The molecule has 0 spiro atoms. The molecule has 0 radical (unpaired) electrons. The highest BCUT2D eigenvalue weighted by molar-refractivity contribution is 6.25. The Bertz CT molecular complexity index is 1270. The average Bonchev–Trinajstić information content (AvgIpc) is 3.13. The van der Waals surface area contributed by atoms with E-state index in [0.29, 0.717) is 18.8 Å². The zero-order chi connectivity index (χ0) is 25.4. The van der Waals surface area contributed by atoms with Gasteiger partial charge in [0.25, 0.3) is 11.8 Å². The molecule has 2 saturated heterocycles. The number of piperidine rings is 1. The molecule has 3 aliphatic rings. The van der Waals surface area contributed by atoms with E-state index < -0.39 is 29.7 Å². The van der Waals surface area contributed by atoms with E-state index >= 15 is 0 Å². The molecule has 3 aliphatic heterocycles. The molecule has 2 fully saturated rings. The zero-order valence-corrected chi connectivity index (χ0v) is 20.0.